The van der Waals surface area contributed by atoms with E-state index in [9.17, 15) is 4.79 Å². The Morgan fingerprint density at radius 3 is 3.00 bits per heavy atom. The lowest BCUT2D eigenvalue weighted by molar-refractivity contribution is -0.137. The van der Waals surface area contributed by atoms with Crippen molar-refractivity contribution in [3.8, 4) is 0 Å². The van der Waals surface area contributed by atoms with Crippen LogP contribution in [0.15, 0.2) is 12.3 Å². The van der Waals surface area contributed by atoms with Crippen molar-refractivity contribution >= 4 is 29.5 Å². The number of carbonyl (C=O) groups is 1. The summed E-state index contributed by atoms with van der Waals surface area (Å²) in [4.78, 5) is 19.5. The van der Waals surface area contributed by atoms with E-state index in [-0.39, 0.29) is 11.3 Å². The first kappa shape index (κ1) is 14.8. The Bertz CT molecular complexity index is 499. The van der Waals surface area contributed by atoms with Gasteiger partial charge in [0.1, 0.15) is 5.82 Å². The smallest absolute Gasteiger partial charge is 0.330 e. The molecule has 1 N–H and O–H groups in total. The van der Waals surface area contributed by atoms with Crippen molar-refractivity contribution < 1.29 is 9.53 Å². The van der Waals surface area contributed by atoms with E-state index in [0.717, 1.165) is 18.4 Å². The van der Waals surface area contributed by atoms with Gasteiger partial charge < -0.3 is 10.1 Å². The van der Waals surface area contributed by atoms with Crippen molar-refractivity contribution in [3.63, 3.8) is 0 Å². The molecule has 1 aliphatic rings. The molecule has 20 heavy (non-hydrogen) atoms. The van der Waals surface area contributed by atoms with Crippen LogP contribution in [0.4, 0.5) is 5.82 Å². The summed E-state index contributed by atoms with van der Waals surface area (Å²) in [5, 5.41) is 3.56. The molecule has 0 unspecified atom stereocenters. The Morgan fingerprint density at radius 2 is 2.30 bits per heavy atom. The zero-order chi connectivity index (χ0) is 14.4. The van der Waals surface area contributed by atoms with E-state index in [2.05, 4.69) is 15.3 Å². The van der Waals surface area contributed by atoms with E-state index in [4.69, 9.17) is 16.3 Å². The van der Waals surface area contributed by atoms with Gasteiger partial charge in [0.25, 0.3) is 0 Å². The van der Waals surface area contributed by atoms with E-state index in [1.165, 1.54) is 18.9 Å². The van der Waals surface area contributed by atoms with Crippen LogP contribution in [0.5, 0.6) is 0 Å². The second kappa shape index (κ2) is 7.24. The Labute approximate surface area is 123 Å². The fourth-order valence-corrected chi connectivity index (χ4v) is 2.35. The second-order valence-corrected chi connectivity index (χ2v) is 4.99. The summed E-state index contributed by atoms with van der Waals surface area (Å²) < 4.78 is 4.85. The van der Waals surface area contributed by atoms with Crippen LogP contribution < -0.4 is 5.32 Å². The zero-order valence-corrected chi connectivity index (χ0v) is 12.2. The number of rotatable bonds is 5. The third kappa shape index (κ3) is 4.20. The Morgan fingerprint density at radius 1 is 1.55 bits per heavy atom. The molecule has 1 saturated carbocycles. The molecule has 0 amide bonds. The number of nitrogens with one attached hydrogen (secondary N) is 1. The highest BCUT2D eigenvalue weighted by Crippen LogP contribution is 2.24. The lowest BCUT2D eigenvalue weighted by Crippen LogP contribution is -2.16. The monoisotopic (exact) mass is 295 g/mol. The summed E-state index contributed by atoms with van der Waals surface area (Å²) >= 11 is 5.84. The topological polar surface area (TPSA) is 64.1 Å². The van der Waals surface area contributed by atoms with Gasteiger partial charge in [-0.05, 0) is 37.4 Å². The van der Waals surface area contributed by atoms with Crippen LogP contribution in [0, 0.1) is 0 Å². The number of hydrogen-bond donors (Lipinski definition) is 1. The van der Waals surface area contributed by atoms with Gasteiger partial charge in [-0.2, -0.15) is 0 Å². The SMILES string of the molecule is CCOC(=O)C=Cc1cnc(Cl)nc1NC1CCCC1. The predicted octanol–water partition coefficient (Wildman–Crippen LogP) is 3.06. The summed E-state index contributed by atoms with van der Waals surface area (Å²) in [6.45, 7) is 2.12. The van der Waals surface area contributed by atoms with Crippen LogP contribution in [0.25, 0.3) is 6.08 Å². The number of ether oxygens (including phenoxy) is 1. The lowest BCUT2D eigenvalue weighted by atomic mass is 10.2. The van der Waals surface area contributed by atoms with Crippen LogP contribution in [0.2, 0.25) is 5.28 Å². The van der Waals surface area contributed by atoms with Gasteiger partial charge in [-0.3, -0.25) is 0 Å². The molecule has 1 heterocycles. The number of nitrogens with zero attached hydrogens (tertiary/aromatic N) is 2. The minimum Gasteiger partial charge on any atom is -0.463 e. The summed E-state index contributed by atoms with van der Waals surface area (Å²) in [6, 6.07) is 0.413. The highest BCUT2D eigenvalue weighted by Gasteiger charge is 2.16. The fourth-order valence-electron chi connectivity index (χ4n) is 2.22. The molecule has 1 aromatic rings. The van der Waals surface area contributed by atoms with Gasteiger partial charge in [0.05, 0.1) is 6.61 Å². The average Bonchev–Trinajstić information content (AvgIpc) is 2.91. The van der Waals surface area contributed by atoms with Crippen molar-refractivity contribution in [2.75, 3.05) is 11.9 Å². The van der Waals surface area contributed by atoms with Gasteiger partial charge in [-0.15, -0.1) is 0 Å². The predicted molar refractivity (Wildman–Crippen MR) is 78.6 cm³/mol. The maximum Gasteiger partial charge on any atom is 0.330 e. The molecule has 0 radical (unpaired) electrons. The zero-order valence-electron chi connectivity index (χ0n) is 11.4. The average molecular weight is 296 g/mol. The quantitative estimate of drug-likeness (QED) is 0.514. The maximum atomic E-state index is 11.3. The molecule has 1 aromatic heterocycles. The van der Waals surface area contributed by atoms with E-state index in [1.807, 2.05) is 0 Å². The summed E-state index contributed by atoms with van der Waals surface area (Å²) in [5.74, 6) is 0.284. The van der Waals surface area contributed by atoms with Crippen LogP contribution in [0.1, 0.15) is 38.2 Å². The van der Waals surface area contributed by atoms with Crippen molar-refractivity contribution in [3.05, 3.63) is 23.1 Å². The van der Waals surface area contributed by atoms with E-state index >= 15 is 0 Å². The molecule has 0 aromatic carbocycles. The molecule has 0 spiro atoms. The Balaban J connectivity index is 2.12. The largest absolute Gasteiger partial charge is 0.463 e. The standard InChI is InChI=1S/C14H18ClN3O2/c1-2-20-12(19)8-7-10-9-16-14(15)18-13(10)17-11-5-3-4-6-11/h7-9,11H,2-6H2,1H3,(H,16,17,18). The second-order valence-electron chi connectivity index (χ2n) is 4.65. The van der Waals surface area contributed by atoms with E-state index in [0.29, 0.717) is 18.5 Å². The van der Waals surface area contributed by atoms with Crippen molar-refractivity contribution in [2.24, 2.45) is 0 Å². The van der Waals surface area contributed by atoms with Crippen LogP contribution in [-0.2, 0) is 9.53 Å². The van der Waals surface area contributed by atoms with Crippen LogP contribution in [0.3, 0.4) is 0 Å². The molecule has 108 valence electrons. The molecule has 1 fully saturated rings. The molecule has 0 saturated heterocycles. The third-order valence-electron chi connectivity index (χ3n) is 3.17. The minimum atomic E-state index is -0.380. The molecule has 2 rings (SSSR count). The van der Waals surface area contributed by atoms with Crippen molar-refractivity contribution in [1.29, 1.82) is 0 Å². The number of aromatic nitrogens is 2. The molecule has 0 bridgehead atoms. The Kier molecular flexibility index (Phi) is 5.35. The van der Waals surface area contributed by atoms with Gasteiger partial charge >= 0.3 is 5.97 Å². The Hall–Kier alpha value is -1.62. The van der Waals surface area contributed by atoms with Crippen molar-refractivity contribution in [1.82, 2.24) is 9.97 Å². The minimum absolute atomic E-state index is 0.193. The molecular weight excluding hydrogens is 278 g/mol. The van der Waals surface area contributed by atoms with Crippen molar-refractivity contribution in [2.45, 2.75) is 38.6 Å². The number of esters is 1. The number of hydrogen-bond acceptors (Lipinski definition) is 5. The van der Waals surface area contributed by atoms with Gasteiger partial charge in [0.2, 0.25) is 5.28 Å². The first-order valence-electron chi connectivity index (χ1n) is 6.83. The molecular formula is C14H18ClN3O2. The highest BCUT2D eigenvalue weighted by molar-refractivity contribution is 6.28. The van der Waals surface area contributed by atoms with Gasteiger partial charge in [-0.25, -0.2) is 14.8 Å². The molecule has 6 heteroatoms. The molecule has 5 nitrogen and oxygen atoms in total. The molecule has 0 atom stereocenters. The summed E-state index contributed by atoms with van der Waals surface area (Å²) in [6.07, 6.45) is 9.32. The van der Waals surface area contributed by atoms with Gasteiger partial charge in [0.15, 0.2) is 0 Å². The summed E-state index contributed by atoms with van der Waals surface area (Å²) in [7, 11) is 0. The van der Waals surface area contributed by atoms with E-state index < -0.39 is 0 Å². The van der Waals surface area contributed by atoms with Gasteiger partial charge in [-0.1, -0.05) is 12.8 Å². The summed E-state index contributed by atoms with van der Waals surface area (Å²) in [5.41, 5.74) is 0.731. The number of carbonyl (C=O) groups excluding carboxylic acids is 1. The number of halogens is 1. The van der Waals surface area contributed by atoms with E-state index in [1.54, 1.807) is 19.2 Å². The molecule has 0 aliphatic heterocycles. The third-order valence-corrected chi connectivity index (χ3v) is 3.35. The van der Waals surface area contributed by atoms with Gasteiger partial charge in [0, 0.05) is 23.9 Å². The lowest BCUT2D eigenvalue weighted by Gasteiger charge is -2.14. The number of anilines is 1. The molecule has 1 aliphatic carbocycles. The van der Waals surface area contributed by atoms with Crippen LogP contribution >= 0.6 is 11.6 Å². The normalized spacial score (nSPS) is 15.7. The van der Waals surface area contributed by atoms with Crippen LogP contribution in [-0.4, -0.2) is 28.6 Å². The first-order valence-corrected chi connectivity index (χ1v) is 7.20. The maximum absolute atomic E-state index is 11.3. The highest BCUT2D eigenvalue weighted by atomic mass is 35.5. The first-order chi connectivity index (χ1) is 9.69. The fraction of sp³-hybridized carbons (Fsp3) is 0.500.